The van der Waals surface area contributed by atoms with Crippen molar-refractivity contribution in [3.63, 3.8) is 0 Å². The number of ether oxygens (including phenoxy) is 2. The smallest absolute Gasteiger partial charge is 0.231 e. The second-order valence-electron chi connectivity index (χ2n) is 7.77. The van der Waals surface area contributed by atoms with Crippen LogP contribution in [0.4, 0.5) is 5.69 Å². The Morgan fingerprint density at radius 3 is 2.57 bits per heavy atom. The van der Waals surface area contributed by atoms with Crippen molar-refractivity contribution in [3.8, 4) is 11.5 Å². The SMILES string of the molecule is Cc1ccc(CCc2cccc3c2N(Cc2ccc4c(c2)OCO4)CC3)cc1. The van der Waals surface area contributed by atoms with E-state index in [2.05, 4.69) is 66.4 Å². The van der Waals surface area contributed by atoms with Crippen LogP contribution in [0.5, 0.6) is 11.5 Å². The molecule has 0 bridgehead atoms. The van der Waals surface area contributed by atoms with Crippen molar-refractivity contribution < 1.29 is 9.47 Å². The topological polar surface area (TPSA) is 21.7 Å². The third-order valence-corrected chi connectivity index (χ3v) is 5.78. The van der Waals surface area contributed by atoms with Gasteiger partial charge in [0, 0.05) is 18.8 Å². The van der Waals surface area contributed by atoms with Crippen molar-refractivity contribution in [1.29, 1.82) is 0 Å². The van der Waals surface area contributed by atoms with E-state index in [9.17, 15) is 0 Å². The summed E-state index contributed by atoms with van der Waals surface area (Å²) in [6.07, 6.45) is 3.27. The monoisotopic (exact) mass is 371 g/mol. The third-order valence-electron chi connectivity index (χ3n) is 5.78. The molecule has 5 rings (SSSR count). The Labute approximate surface area is 166 Å². The van der Waals surface area contributed by atoms with Crippen molar-refractivity contribution in [1.82, 2.24) is 0 Å². The van der Waals surface area contributed by atoms with Gasteiger partial charge in [-0.1, -0.05) is 54.1 Å². The number of para-hydroxylation sites is 1. The second-order valence-corrected chi connectivity index (χ2v) is 7.77. The van der Waals surface area contributed by atoms with E-state index in [1.165, 1.54) is 33.5 Å². The van der Waals surface area contributed by atoms with Crippen LogP contribution in [0.25, 0.3) is 0 Å². The lowest BCUT2D eigenvalue weighted by molar-refractivity contribution is 0.174. The van der Waals surface area contributed by atoms with Gasteiger partial charge in [0.2, 0.25) is 6.79 Å². The molecule has 3 heteroatoms. The summed E-state index contributed by atoms with van der Waals surface area (Å²) in [5, 5.41) is 0. The van der Waals surface area contributed by atoms with E-state index in [4.69, 9.17) is 9.47 Å². The van der Waals surface area contributed by atoms with Crippen LogP contribution in [-0.4, -0.2) is 13.3 Å². The van der Waals surface area contributed by atoms with Gasteiger partial charge in [-0.05, 0) is 60.6 Å². The average Bonchev–Trinajstić information content (AvgIpc) is 3.35. The molecule has 0 fully saturated rings. The quantitative estimate of drug-likeness (QED) is 0.625. The summed E-state index contributed by atoms with van der Waals surface area (Å²) in [6, 6.07) is 22.0. The predicted octanol–water partition coefficient (Wildman–Crippen LogP) is 5.07. The van der Waals surface area contributed by atoms with Crippen molar-refractivity contribution in [2.75, 3.05) is 18.2 Å². The molecule has 3 nitrogen and oxygen atoms in total. The zero-order chi connectivity index (χ0) is 18.9. The first-order valence-electron chi connectivity index (χ1n) is 10.1. The maximum absolute atomic E-state index is 5.55. The van der Waals surface area contributed by atoms with Gasteiger partial charge in [-0.25, -0.2) is 0 Å². The maximum Gasteiger partial charge on any atom is 0.231 e. The van der Waals surface area contributed by atoms with Gasteiger partial charge in [-0.3, -0.25) is 0 Å². The number of nitrogens with zero attached hydrogens (tertiary/aromatic N) is 1. The molecule has 0 saturated heterocycles. The Morgan fingerprint density at radius 2 is 1.68 bits per heavy atom. The second kappa shape index (κ2) is 7.23. The molecule has 0 radical (unpaired) electrons. The number of hydrogen-bond acceptors (Lipinski definition) is 3. The highest BCUT2D eigenvalue weighted by molar-refractivity contribution is 5.64. The molecule has 2 aliphatic rings. The van der Waals surface area contributed by atoms with Gasteiger partial charge in [-0.2, -0.15) is 0 Å². The molecule has 3 aromatic rings. The van der Waals surface area contributed by atoms with Crippen LogP contribution >= 0.6 is 0 Å². The predicted molar refractivity (Wildman–Crippen MR) is 112 cm³/mol. The van der Waals surface area contributed by atoms with Gasteiger partial charge in [0.05, 0.1) is 0 Å². The van der Waals surface area contributed by atoms with Gasteiger partial charge >= 0.3 is 0 Å². The first-order chi connectivity index (χ1) is 13.8. The van der Waals surface area contributed by atoms with Gasteiger partial charge in [0.15, 0.2) is 11.5 Å². The Morgan fingerprint density at radius 1 is 0.857 bits per heavy atom. The molecule has 0 spiro atoms. The molecule has 0 amide bonds. The first kappa shape index (κ1) is 17.2. The molecular weight excluding hydrogens is 346 g/mol. The zero-order valence-electron chi connectivity index (χ0n) is 16.3. The van der Waals surface area contributed by atoms with Crippen molar-refractivity contribution >= 4 is 5.69 Å². The van der Waals surface area contributed by atoms with Crippen LogP contribution in [0.1, 0.15) is 27.8 Å². The summed E-state index contributed by atoms with van der Waals surface area (Å²) in [5.41, 5.74) is 8.36. The molecule has 0 aliphatic carbocycles. The summed E-state index contributed by atoms with van der Waals surface area (Å²) in [6.45, 7) is 4.45. The molecule has 0 aromatic heterocycles. The highest BCUT2D eigenvalue weighted by Crippen LogP contribution is 2.36. The molecule has 142 valence electrons. The Bertz CT molecular complexity index is 994. The summed E-state index contributed by atoms with van der Waals surface area (Å²) in [7, 11) is 0. The van der Waals surface area contributed by atoms with Crippen molar-refractivity contribution in [3.05, 3.63) is 88.5 Å². The van der Waals surface area contributed by atoms with Crippen LogP contribution in [0.15, 0.2) is 60.7 Å². The van der Waals surface area contributed by atoms with Crippen molar-refractivity contribution in [2.45, 2.75) is 32.7 Å². The van der Waals surface area contributed by atoms with E-state index in [-0.39, 0.29) is 0 Å². The highest BCUT2D eigenvalue weighted by Gasteiger charge is 2.23. The minimum absolute atomic E-state index is 0.328. The fraction of sp³-hybridized carbons (Fsp3) is 0.280. The average molecular weight is 371 g/mol. The number of benzene rings is 3. The lowest BCUT2D eigenvalue weighted by atomic mass is 9.99. The van der Waals surface area contributed by atoms with Gasteiger partial charge < -0.3 is 14.4 Å². The maximum atomic E-state index is 5.55. The summed E-state index contributed by atoms with van der Waals surface area (Å²) < 4.78 is 11.0. The van der Waals surface area contributed by atoms with E-state index < -0.39 is 0 Å². The number of fused-ring (bicyclic) bond motifs is 2. The van der Waals surface area contributed by atoms with E-state index in [1.54, 1.807) is 0 Å². The fourth-order valence-electron chi connectivity index (χ4n) is 4.27. The zero-order valence-corrected chi connectivity index (χ0v) is 16.3. The molecule has 3 aromatic carbocycles. The Balaban J connectivity index is 1.36. The van der Waals surface area contributed by atoms with Gasteiger partial charge in [0.1, 0.15) is 0 Å². The largest absolute Gasteiger partial charge is 0.454 e. The van der Waals surface area contributed by atoms with E-state index in [1.807, 2.05) is 6.07 Å². The Kier molecular flexibility index (Phi) is 4.44. The van der Waals surface area contributed by atoms with Crippen LogP contribution < -0.4 is 14.4 Å². The lowest BCUT2D eigenvalue weighted by Crippen LogP contribution is -2.21. The molecule has 0 saturated carbocycles. The molecule has 0 atom stereocenters. The summed E-state index contributed by atoms with van der Waals surface area (Å²) in [5.74, 6) is 1.72. The van der Waals surface area contributed by atoms with Crippen LogP contribution in [0.3, 0.4) is 0 Å². The van der Waals surface area contributed by atoms with E-state index in [0.29, 0.717) is 6.79 Å². The fourth-order valence-corrected chi connectivity index (χ4v) is 4.27. The van der Waals surface area contributed by atoms with Gasteiger partial charge in [0.25, 0.3) is 0 Å². The summed E-state index contributed by atoms with van der Waals surface area (Å²) >= 11 is 0. The minimum atomic E-state index is 0.328. The first-order valence-corrected chi connectivity index (χ1v) is 10.1. The highest BCUT2D eigenvalue weighted by atomic mass is 16.7. The normalized spacial score (nSPS) is 14.4. The lowest BCUT2D eigenvalue weighted by Gasteiger charge is -2.23. The Hall–Kier alpha value is -2.94. The van der Waals surface area contributed by atoms with Crippen LogP contribution in [-0.2, 0) is 25.8 Å². The molecule has 0 unspecified atom stereocenters. The molecule has 2 heterocycles. The minimum Gasteiger partial charge on any atom is -0.454 e. The number of rotatable bonds is 5. The number of hydrogen-bond donors (Lipinski definition) is 0. The molecule has 2 aliphatic heterocycles. The number of aryl methyl sites for hydroxylation is 3. The van der Waals surface area contributed by atoms with Gasteiger partial charge in [-0.15, -0.1) is 0 Å². The van der Waals surface area contributed by atoms with Crippen LogP contribution in [0.2, 0.25) is 0 Å². The van der Waals surface area contributed by atoms with Crippen molar-refractivity contribution in [2.24, 2.45) is 0 Å². The van der Waals surface area contributed by atoms with Crippen LogP contribution in [0, 0.1) is 6.92 Å². The van der Waals surface area contributed by atoms with E-state index >= 15 is 0 Å². The standard InChI is InChI=1S/C25H25NO2/c1-18-5-7-19(8-6-18)9-11-21-3-2-4-22-13-14-26(25(21)22)16-20-10-12-23-24(15-20)28-17-27-23/h2-8,10,12,15H,9,11,13-14,16-17H2,1H3. The number of anilines is 1. The third kappa shape index (κ3) is 3.33. The molecular formula is C25H25NO2. The molecule has 0 N–H and O–H groups in total. The summed E-state index contributed by atoms with van der Waals surface area (Å²) in [4.78, 5) is 2.53. The van der Waals surface area contributed by atoms with E-state index in [0.717, 1.165) is 43.9 Å². The molecule has 28 heavy (non-hydrogen) atoms.